The summed E-state index contributed by atoms with van der Waals surface area (Å²) in [6, 6.07) is 0.141. The molecule has 2 N–H and O–H groups in total. The molecule has 1 saturated heterocycles. The highest BCUT2D eigenvalue weighted by molar-refractivity contribution is 7.13. The molecule has 1 atom stereocenters. The van der Waals surface area contributed by atoms with Gasteiger partial charge in [0, 0.05) is 17.6 Å². The third kappa shape index (κ3) is 2.78. The van der Waals surface area contributed by atoms with Gasteiger partial charge < -0.3 is 10.4 Å². The van der Waals surface area contributed by atoms with Crippen LogP contribution in [0.1, 0.15) is 12.8 Å². The summed E-state index contributed by atoms with van der Waals surface area (Å²) in [5.74, 6) is -0.0599. The molecule has 2 rings (SSSR count). The quantitative estimate of drug-likeness (QED) is 0.807. The highest BCUT2D eigenvalue weighted by Gasteiger charge is 2.25. The summed E-state index contributed by atoms with van der Waals surface area (Å²) in [6.07, 6.45) is 3.68. The predicted molar refractivity (Wildman–Crippen MR) is 62.4 cm³/mol. The SMILES string of the molecule is O=C(CN1CCC[C@@H]1CO)Nc1nccs1. The van der Waals surface area contributed by atoms with Crippen LogP contribution in [0.15, 0.2) is 11.6 Å². The number of aliphatic hydroxyl groups is 1. The molecule has 1 fully saturated rings. The summed E-state index contributed by atoms with van der Waals surface area (Å²) >= 11 is 1.40. The van der Waals surface area contributed by atoms with Crippen molar-refractivity contribution in [3.05, 3.63) is 11.6 Å². The molecular formula is C10H15N3O2S. The van der Waals surface area contributed by atoms with Gasteiger partial charge in [-0.2, -0.15) is 0 Å². The molecular weight excluding hydrogens is 226 g/mol. The van der Waals surface area contributed by atoms with Crippen LogP contribution in [0.3, 0.4) is 0 Å². The van der Waals surface area contributed by atoms with Gasteiger partial charge in [0.2, 0.25) is 5.91 Å². The topological polar surface area (TPSA) is 65.5 Å². The predicted octanol–water partition coefficient (Wildman–Crippen LogP) is 0.538. The minimum atomic E-state index is -0.0599. The minimum Gasteiger partial charge on any atom is -0.395 e. The number of carbonyl (C=O) groups is 1. The zero-order valence-corrected chi connectivity index (χ0v) is 9.74. The molecule has 0 spiro atoms. The lowest BCUT2D eigenvalue weighted by atomic mass is 10.2. The van der Waals surface area contributed by atoms with Crippen LogP contribution in [-0.2, 0) is 4.79 Å². The van der Waals surface area contributed by atoms with Gasteiger partial charge in [0.15, 0.2) is 5.13 Å². The summed E-state index contributed by atoms with van der Waals surface area (Å²) in [5.41, 5.74) is 0. The van der Waals surface area contributed by atoms with E-state index in [1.165, 1.54) is 11.3 Å². The molecule has 2 heterocycles. The van der Waals surface area contributed by atoms with Gasteiger partial charge >= 0.3 is 0 Å². The van der Waals surface area contributed by atoms with Crippen LogP contribution in [0.25, 0.3) is 0 Å². The van der Waals surface area contributed by atoms with E-state index >= 15 is 0 Å². The minimum absolute atomic E-state index is 0.0599. The number of rotatable bonds is 4. The Morgan fingerprint density at radius 2 is 2.62 bits per heavy atom. The normalized spacial score (nSPS) is 21.2. The van der Waals surface area contributed by atoms with Gasteiger partial charge in [-0.05, 0) is 19.4 Å². The van der Waals surface area contributed by atoms with E-state index < -0.39 is 0 Å². The molecule has 0 aromatic carbocycles. The molecule has 1 aromatic heterocycles. The zero-order valence-electron chi connectivity index (χ0n) is 8.93. The fraction of sp³-hybridized carbons (Fsp3) is 0.600. The van der Waals surface area contributed by atoms with Crippen molar-refractivity contribution >= 4 is 22.4 Å². The van der Waals surface area contributed by atoms with Crippen molar-refractivity contribution < 1.29 is 9.90 Å². The van der Waals surface area contributed by atoms with E-state index in [4.69, 9.17) is 5.11 Å². The van der Waals surface area contributed by atoms with Crippen LogP contribution in [0, 0.1) is 0 Å². The number of aliphatic hydroxyl groups excluding tert-OH is 1. The van der Waals surface area contributed by atoms with Gasteiger partial charge in [-0.15, -0.1) is 11.3 Å². The first-order valence-electron chi connectivity index (χ1n) is 5.34. The van der Waals surface area contributed by atoms with Crippen molar-refractivity contribution in [2.75, 3.05) is 25.0 Å². The third-order valence-electron chi connectivity index (χ3n) is 2.74. The smallest absolute Gasteiger partial charge is 0.240 e. The third-order valence-corrected chi connectivity index (χ3v) is 3.42. The molecule has 6 heteroatoms. The molecule has 1 aliphatic rings. The number of hydrogen-bond donors (Lipinski definition) is 2. The van der Waals surface area contributed by atoms with Gasteiger partial charge in [-0.3, -0.25) is 9.69 Å². The summed E-state index contributed by atoms with van der Waals surface area (Å²) in [5, 5.41) is 14.3. The molecule has 1 amide bonds. The molecule has 0 saturated carbocycles. The maximum absolute atomic E-state index is 11.7. The van der Waals surface area contributed by atoms with Gasteiger partial charge in [-0.1, -0.05) is 0 Å². The van der Waals surface area contributed by atoms with Gasteiger partial charge in [0.25, 0.3) is 0 Å². The van der Waals surface area contributed by atoms with Crippen LogP contribution in [0.4, 0.5) is 5.13 Å². The number of hydrogen-bond acceptors (Lipinski definition) is 5. The lowest BCUT2D eigenvalue weighted by molar-refractivity contribution is -0.117. The van der Waals surface area contributed by atoms with E-state index in [2.05, 4.69) is 10.3 Å². The average Bonchev–Trinajstić information content (AvgIpc) is 2.88. The second kappa shape index (κ2) is 5.38. The molecule has 0 aliphatic carbocycles. The Labute approximate surface area is 98.1 Å². The van der Waals surface area contributed by atoms with Crippen molar-refractivity contribution in [2.45, 2.75) is 18.9 Å². The summed E-state index contributed by atoms with van der Waals surface area (Å²) in [4.78, 5) is 17.7. The monoisotopic (exact) mass is 241 g/mol. The van der Waals surface area contributed by atoms with E-state index in [-0.39, 0.29) is 18.6 Å². The first-order valence-corrected chi connectivity index (χ1v) is 6.22. The Kier molecular flexibility index (Phi) is 3.87. The maximum atomic E-state index is 11.7. The summed E-state index contributed by atoms with van der Waals surface area (Å²) < 4.78 is 0. The number of aromatic nitrogens is 1. The molecule has 5 nitrogen and oxygen atoms in total. The average molecular weight is 241 g/mol. The van der Waals surface area contributed by atoms with Crippen molar-refractivity contribution in [3.63, 3.8) is 0 Å². The highest BCUT2D eigenvalue weighted by atomic mass is 32.1. The molecule has 1 aromatic rings. The van der Waals surface area contributed by atoms with Crippen molar-refractivity contribution in [1.29, 1.82) is 0 Å². The maximum Gasteiger partial charge on any atom is 0.240 e. The highest BCUT2D eigenvalue weighted by Crippen LogP contribution is 2.16. The van der Waals surface area contributed by atoms with Crippen LogP contribution in [0.2, 0.25) is 0 Å². The summed E-state index contributed by atoms with van der Waals surface area (Å²) in [7, 11) is 0. The number of anilines is 1. The Bertz CT molecular complexity index is 342. The standard InChI is InChI=1S/C10H15N3O2S/c14-7-8-2-1-4-13(8)6-9(15)12-10-11-3-5-16-10/h3,5,8,14H,1-2,4,6-7H2,(H,11,12,15)/t8-/m1/s1. The number of amides is 1. The van der Waals surface area contributed by atoms with E-state index in [1.54, 1.807) is 6.20 Å². The second-order valence-electron chi connectivity index (χ2n) is 3.83. The van der Waals surface area contributed by atoms with Crippen LogP contribution in [0.5, 0.6) is 0 Å². The zero-order chi connectivity index (χ0) is 11.4. The Hall–Kier alpha value is -0.980. The number of thiazole rings is 1. The van der Waals surface area contributed by atoms with E-state index in [1.807, 2.05) is 10.3 Å². The molecule has 1 aliphatic heterocycles. The molecule has 0 unspecified atom stereocenters. The van der Waals surface area contributed by atoms with Crippen molar-refractivity contribution in [3.8, 4) is 0 Å². The Morgan fingerprint density at radius 3 is 3.31 bits per heavy atom. The lowest BCUT2D eigenvalue weighted by Crippen LogP contribution is -2.38. The van der Waals surface area contributed by atoms with Crippen molar-refractivity contribution in [1.82, 2.24) is 9.88 Å². The molecule has 0 radical (unpaired) electrons. The fourth-order valence-electron chi connectivity index (χ4n) is 1.94. The lowest BCUT2D eigenvalue weighted by Gasteiger charge is -2.21. The largest absolute Gasteiger partial charge is 0.395 e. The fourth-order valence-corrected chi connectivity index (χ4v) is 2.48. The molecule has 16 heavy (non-hydrogen) atoms. The number of carbonyl (C=O) groups excluding carboxylic acids is 1. The van der Waals surface area contributed by atoms with Crippen molar-refractivity contribution in [2.24, 2.45) is 0 Å². The Balaban J connectivity index is 1.83. The van der Waals surface area contributed by atoms with Gasteiger partial charge in [-0.25, -0.2) is 4.98 Å². The van der Waals surface area contributed by atoms with E-state index in [9.17, 15) is 4.79 Å². The first kappa shape index (κ1) is 11.5. The number of nitrogens with zero attached hydrogens (tertiary/aromatic N) is 2. The van der Waals surface area contributed by atoms with Crippen LogP contribution >= 0.6 is 11.3 Å². The van der Waals surface area contributed by atoms with Crippen LogP contribution in [-0.4, -0.2) is 46.6 Å². The number of likely N-dealkylation sites (tertiary alicyclic amines) is 1. The summed E-state index contributed by atoms with van der Waals surface area (Å²) in [6.45, 7) is 1.35. The molecule has 88 valence electrons. The van der Waals surface area contributed by atoms with Crippen LogP contribution < -0.4 is 5.32 Å². The molecule has 0 bridgehead atoms. The van der Waals surface area contributed by atoms with Gasteiger partial charge in [0.1, 0.15) is 0 Å². The van der Waals surface area contributed by atoms with E-state index in [0.717, 1.165) is 19.4 Å². The Morgan fingerprint density at radius 1 is 1.75 bits per heavy atom. The second-order valence-corrected chi connectivity index (χ2v) is 4.73. The van der Waals surface area contributed by atoms with E-state index in [0.29, 0.717) is 11.7 Å². The number of nitrogens with one attached hydrogen (secondary N) is 1. The van der Waals surface area contributed by atoms with Gasteiger partial charge in [0.05, 0.1) is 13.2 Å². The first-order chi connectivity index (χ1) is 7.79.